The first-order valence-corrected chi connectivity index (χ1v) is 5.47. The molecule has 0 atom stereocenters. The van der Waals surface area contributed by atoms with E-state index in [9.17, 15) is 4.79 Å². The van der Waals surface area contributed by atoms with E-state index in [0.29, 0.717) is 12.1 Å². The first kappa shape index (κ1) is 13.4. The van der Waals surface area contributed by atoms with E-state index < -0.39 is 5.60 Å². The molecule has 4 heteroatoms. The summed E-state index contributed by atoms with van der Waals surface area (Å²) in [5.74, 6) is -0.368. The number of carbonyl (C=O) groups excluding carboxylic acids is 1. The fourth-order valence-corrected chi connectivity index (χ4v) is 1.20. The first-order chi connectivity index (χ1) is 7.92. The lowest BCUT2D eigenvalue weighted by Crippen LogP contribution is -2.24. The third-order valence-corrected chi connectivity index (χ3v) is 1.84. The second-order valence-electron chi connectivity index (χ2n) is 4.65. The first-order valence-electron chi connectivity index (χ1n) is 5.47. The number of nitrogens with two attached hydrogens (primary N) is 1. The van der Waals surface area contributed by atoms with Crippen LogP contribution >= 0.6 is 0 Å². The van der Waals surface area contributed by atoms with Crippen molar-refractivity contribution in [3.05, 3.63) is 35.7 Å². The van der Waals surface area contributed by atoms with Crippen LogP contribution in [0.1, 0.15) is 36.7 Å². The monoisotopic (exact) mass is 234 g/mol. The van der Waals surface area contributed by atoms with E-state index >= 15 is 0 Å². The summed E-state index contributed by atoms with van der Waals surface area (Å²) in [6, 6.07) is 1.73. The summed E-state index contributed by atoms with van der Waals surface area (Å²) >= 11 is 0. The molecule has 0 bridgehead atoms. The molecule has 0 aromatic carbocycles. The zero-order chi connectivity index (χ0) is 12.9. The molecule has 92 valence electrons. The molecule has 2 N–H and O–H groups in total. The molecule has 0 fully saturated rings. The van der Waals surface area contributed by atoms with Crippen LogP contribution in [0.2, 0.25) is 0 Å². The Balaban J connectivity index is 2.84. The second-order valence-corrected chi connectivity index (χ2v) is 4.65. The Hall–Kier alpha value is -1.68. The lowest BCUT2D eigenvalue weighted by atomic mass is 10.1. The Bertz CT molecular complexity index is 420. The highest BCUT2D eigenvalue weighted by molar-refractivity contribution is 5.89. The molecule has 0 saturated carbocycles. The average molecular weight is 234 g/mol. The van der Waals surface area contributed by atoms with Gasteiger partial charge >= 0.3 is 5.97 Å². The van der Waals surface area contributed by atoms with Gasteiger partial charge in [-0.05, 0) is 32.4 Å². The summed E-state index contributed by atoms with van der Waals surface area (Å²) < 4.78 is 5.26. The normalized spacial score (nSPS) is 11.8. The molecule has 0 aliphatic heterocycles. The number of esters is 1. The quantitative estimate of drug-likeness (QED) is 0.812. The van der Waals surface area contributed by atoms with Crippen LogP contribution in [0.25, 0.3) is 6.08 Å². The van der Waals surface area contributed by atoms with Gasteiger partial charge < -0.3 is 10.5 Å². The number of carbonyl (C=O) groups is 1. The molecule has 1 rings (SSSR count). The average Bonchev–Trinajstić information content (AvgIpc) is 2.24. The molecule has 0 radical (unpaired) electrons. The number of pyridine rings is 1. The van der Waals surface area contributed by atoms with E-state index in [1.54, 1.807) is 18.3 Å². The van der Waals surface area contributed by atoms with Crippen LogP contribution in [-0.2, 0) is 4.74 Å². The number of nitrogens with zero attached hydrogens (tertiary/aromatic N) is 1. The van der Waals surface area contributed by atoms with Crippen molar-refractivity contribution in [1.82, 2.24) is 4.98 Å². The molecular formula is C13H18N2O2. The molecule has 17 heavy (non-hydrogen) atoms. The summed E-state index contributed by atoms with van der Waals surface area (Å²) in [6.07, 6.45) is 6.78. The van der Waals surface area contributed by atoms with Crippen LogP contribution < -0.4 is 5.73 Å². The minimum absolute atomic E-state index is 0.368. The van der Waals surface area contributed by atoms with Gasteiger partial charge in [0.05, 0.1) is 5.56 Å². The van der Waals surface area contributed by atoms with Crippen molar-refractivity contribution >= 4 is 12.0 Å². The minimum atomic E-state index is -0.500. The van der Waals surface area contributed by atoms with Crippen molar-refractivity contribution < 1.29 is 9.53 Å². The van der Waals surface area contributed by atoms with Gasteiger partial charge in [-0.15, -0.1) is 0 Å². The Morgan fingerprint density at radius 1 is 1.47 bits per heavy atom. The Morgan fingerprint density at radius 3 is 2.76 bits per heavy atom. The van der Waals surface area contributed by atoms with E-state index in [1.807, 2.05) is 26.8 Å². The molecule has 0 unspecified atom stereocenters. The molecule has 0 aliphatic carbocycles. The maximum atomic E-state index is 11.8. The zero-order valence-electron chi connectivity index (χ0n) is 10.4. The van der Waals surface area contributed by atoms with Crippen LogP contribution in [0.15, 0.2) is 24.5 Å². The van der Waals surface area contributed by atoms with Crippen molar-refractivity contribution in [2.75, 3.05) is 6.54 Å². The van der Waals surface area contributed by atoms with Crippen LogP contribution in [0.4, 0.5) is 0 Å². The van der Waals surface area contributed by atoms with Gasteiger partial charge in [-0.25, -0.2) is 4.79 Å². The van der Waals surface area contributed by atoms with Gasteiger partial charge in [0.25, 0.3) is 0 Å². The third kappa shape index (κ3) is 4.78. The molecule has 0 amide bonds. The van der Waals surface area contributed by atoms with E-state index in [1.165, 1.54) is 6.20 Å². The van der Waals surface area contributed by atoms with Crippen LogP contribution in [0.5, 0.6) is 0 Å². The van der Waals surface area contributed by atoms with Crippen molar-refractivity contribution in [2.24, 2.45) is 5.73 Å². The van der Waals surface area contributed by atoms with E-state index in [0.717, 1.165) is 5.56 Å². The molecule has 0 spiro atoms. The van der Waals surface area contributed by atoms with Gasteiger partial charge in [0.15, 0.2) is 0 Å². The zero-order valence-corrected chi connectivity index (χ0v) is 10.4. The molecule has 1 aromatic rings. The van der Waals surface area contributed by atoms with Crippen molar-refractivity contribution in [3.63, 3.8) is 0 Å². The maximum Gasteiger partial charge on any atom is 0.340 e. The molecule has 4 nitrogen and oxygen atoms in total. The number of hydrogen-bond donors (Lipinski definition) is 1. The van der Waals surface area contributed by atoms with Crippen LogP contribution in [0, 0.1) is 0 Å². The molecular weight excluding hydrogens is 216 g/mol. The highest BCUT2D eigenvalue weighted by Crippen LogP contribution is 2.12. The summed E-state index contributed by atoms with van der Waals surface area (Å²) in [4.78, 5) is 15.8. The lowest BCUT2D eigenvalue weighted by Gasteiger charge is -2.19. The number of hydrogen-bond acceptors (Lipinski definition) is 4. The van der Waals surface area contributed by atoms with Gasteiger partial charge in [0.2, 0.25) is 0 Å². The van der Waals surface area contributed by atoms with Crippen molar-refractivity contribution in [2.45, 2.75) is 26.4 Å². The Morgan fingerprint density at radius 2 is 2.18 bits per heavy atom. The van der Waals surface area contributed by atoms with Gasteiger partial charge in [0, 0.05) is 18.9 Å². The molecule has 1 heterocycles. The second kappa shape index (κ2) is 5.59. The Labute approximate surface area is 101 Å². The maximum absolute atomic E-state index is 11.8. The van der Waals surface area contributed by atoms with E-state index in [2.05, 4.69) is 4.98 Å². The Kier molecular flexibility index (Phi) is 4.40. The highest BCUT2D eigenvalue weighted by atomic mass is 16.6. The van der Waals surface area contributed by atoms with E-state index in [-0.39, 0.29) is 5.97 Å². The third-order valence-electron chi connectivity index (χ3n) is 1.84. The summed E-state index contributed by atoms with van der Waals surface area (Å²) in [5.41, 5.74) is 6.13. The van der Waals surface area contributed by atoms with Gasteiger partial charge in [-0.1, -0.05) is 12.2 Å². The fourth-order valence-electron chi connectivity index (χ4n) is 1.20. The summed E-state index contributed by atoms with van der Waals surface area (Å²) in [5, 5.41) is 0. The number of ether oxygens (including phenoxy) is 1. The lowest BCUT2D eigenvalue weighted by molar-refractivity contribution is 0.00690. The van der Waals surface area contributed by atoms with Crippen molar-refractivity contribution in [1.29, 1.82) is 0 Å². The predicted octanol–water partition coefficient (Wildman–Crippen LogP) is 2.01. The van der Waals surface area contributed by atoms with Crippen LogP contribution in [0.3, 0.4) is 0 Å². The van der Waals surface area contributed by atoms with E-state index in [4.69, 9.17) is 10.5 Å². The predicted molar refractivity (Wildman–Crippen MR) is 67.5 cm³/mol. The fraction of sp³-hybridized carbons (Fsp3) is 0.385. The van der Waals surface area contributed by atoms with Gasteiger partial charge in [-0.3, -0.25) is 4.98 Å². The minimum Gasteiger partial charge on any atom is -0.456 e. The highest BCUT2D eigenvalue weighted by Gasteiger charge is 2.17. The molecule has 0 aliphatic rings. The summed E-state index contributed by atoms with van der Waals surface area (Å²) in [7, 11) is 0. The number of aromatic nitrogens is 1. The standard InChI is InChI=1S/C13H18N2O2/c1-13(2,3)17-12(16)11-7-10(5-4-6-14)8-15-9-11/h4-5,7-9H,6,14H2,1-3H3/b5-4+. The smallest absolute Gasteiger partial charge is 0.340 e. The number of rotatable bonds is 3. The topological polar surface area (TPSA) is 65.2 Å². The molecule has 1 aromatic heterocycles. The van der Waals surface area contributed by atoms with Gasteiger partial charge in [-0.2, -0.15) is 0 Å². The largest absolute Gasteiger partial charge is 0.456 e. The van der Waals surface area contributed by atoms with Gasteiger partial charge in [0.1, 0.15) is 5.60 Å². The SMILES string of the molecule is CC(C)(C)OC(=O)c1cncc(/C=C/CN)c1. The van der Waals surface area contributed by atoms with Crippen molar-refractivity contribution in [3.8, 4) is 0 Å². The summed E-state index contributed by atoms with van der Waals surface area (Å²) in [6.45, 7) is 5.94. The molecule has 0 saturated heterocycles. The van der Waals surface area contributed by atoms with Crippen LogP contribution in [-0.4, -0.2) is 23.1 Å².